The third-order valence-electron chi connectivity index (χ3n) is 2.77. The van der Waals surface area contributed by atoms with Gasteiger partial charge in [-0.1, -0.05) is 20.8 Å². The first kappa shape index (κ1) is 13.9. The van der Waals surface area contributed by atoms with E-state index in [1.807, 2.05) is 20.8 Å². The predicted molar refractivity (Wildman–Crippen MR) is 64.6 cm³/mol. The number of nitrogens with zero attached hydrogens (tertiary/aromatic N) is 1. The Kier molecular flexibility index (Phi) is 4.03. The van der Waals surface area contributed by atoms with Crippen molar-refractivity contribution in [2.45, 2.75) is 39.7 Å². The Balaban J connectivity index is 2.67. The molecule has 0 aromatic heterocycles. The van der Waals surface area contributed by atoms with Crippen molar-refractivity contribution in [1.82, 2.24) is 4.31 Å². The second kappa shape index (κ2) is 4.63. The second-order valence-corrected chi connectivity index (χ2v) is 7.78. The van der Waals surface area contributed by atoms with Gasteiger partial charge in [0.25, 0.3) is 0 Å². The lowest BCUT2D eigenvalue weighted by molar-refractivity contribution is 0.0216. The largest absolute Gasteiger partial charge is 0.389 e. The van der Waals surface area contributed by atoms with Crippen LogP contribution in [0.15, 0.2) is 0 Å². The third-order valence-corrected chi connectivity index (χ3v) is 4.82. The van der Waals surface area contributed by atoms with Crippen LogP contribution >= 0.6 is 0 Å². The van der Waals surface area contributed by atoms with Crippen molar-refractivity contribution in [3.8, 4) is 0 Å². The van der Waals surface area contributed by atoms with E-state index < -0.39 is 15.6 Å². The molecule has 16 heavy (non-hydrogen) atoms. The molecule has 0 saturated carbocycles. The molecule has 1 heterocycles. The Hall–Kier alpha value is -0.130. The predicted octanol–water partition coefficient (Wildman–Crippen LogP) is 1.06. The summed E-state index contributed by atoms with van der Waals surface area (Å²) in [6.07, 6.45) is 0.618. The molecule has 0 spiro atoms. The normalized spacial score (nSPS) is 29.5. The maximum Gasteiger partial charge on any atom is 0.214 e. The van der Waals surface area contributed by atoms with Gasteiger partial charge in [0, 0.05) is 13.1 Å². The van der Waals surface area contributed by atoms with Crippen LogP contribution in [-0.4, -0.2) is 42.3 Å². The molecule has 0 bridgehead atoms. The first-order valence-corrected chi connectivity index (χ1v) is 7.43. The lowest BCUT2D eigenvalue weighted by Gasteiger charge is -2.29. The Morgan fingerprint density at radius 2 is 2.06 bits per heavy atom. The maximum absolute atomic E-state index is 11.8. The highest BCUT2D eigenvalue weighted by Crippen LogP contribution is 2.24. The molecule has 0 radical (unpaired) electrons. The highest BCUT2D eigenvalue weighted by atomic mass is 32.2. The summed E-state index contributed by atoms with van der Waals surface area (Å²) in [6.45, 7) is 8.44. The maximum atomic E-state index is 11.8. The van der Waals surface area contributed by atoms with Crippen LogP contribution in [0.25, 0.3) is 0 Å². The zero-order chi connectivity index (χ0) is 12.6. The molecule has 1 saturated heterocycles. The van der Waals surface area contributed by atoms with Crippen LogP contribution in [0.3, 0.4) is 0 Å². The van der Waals surface area contributed by atoms with E-state index in [0.29, 0.717) is 18.9 Å². The zero-order valence-electron chi connectivity index (χ0n) is 10.6. The molecule has 1 rings (SSSR count). The fourth-order valence-electron chi connectivity index (χ4n) is 2.47. The van der Waals surface area contributed by atoms with Crippen LogP contribution < -0.4 is 0 Å². The van der Waals surface area contributed by atoms with Gasteiger partial charge in [0.2, 0.25) is 10.0 Å². The van der Waals surface area contributed by atoms with Crippen LogP contribution in [0.1, 0.15) is 34.1 Å². The van der Waals surface area contributed by atoms with Crippen molar-refractivity contribution in [3.63, 3.8) is 0 Å². The van der Waals surface area contributed by atoms with Crippen LogP contribution in [0.4, 0.5) is 0 Å². The standard InChI is InChI=1S/C11H23NO3S/c1-9(2)5-11(4,13)8-12-6-10(3)7-16(12,14)15/h9-10,13H,5-8H2,1-4H3. The van der Waals surface area contributed by atoms with Gasteiger partial charge in [-0.2, -0.15) is 4.31 Å². The molecule has 4 nitrogen and oxygen atoms in total. The monoisotopic (exact) mass is 249 g/mol. The Bertz CT molecular complexity index is 335. The molecule has 2 atom stereocenters. The van der Waals surface area contributed by atoms with Gasteiger partial charge in [0.1, 0.15) is 0 Å². The van der Waals surface area contributed by atoms with E-state index in [-0.39, 0.29) is 18.2 Å². The summed E-state index contributed by atoms with van der Waals surface area (Å²) in [5, 5.41) is 10.2. The first-order chi connectivity index (χ1) is 7.12. The number of aliphatic hydroxyl groups is 1. The molecule has 0 aromatic carbocycles. The molecule has 1 N–H and O–H groups in total. The quantitative estimate of drug-likeness (QED) is 0.810. The highest BCUT2D eigenvalue weighted by molar-refractivity contribution is 7.89. The summed E-state index contributed by atoms with van der Waals surface area (Å²) in [7, 11) is -3.13. The van der Waals surface area contributed by atoms with Gasteiger partial charge >= 0.3 is 0 Å². The number of hydrogen-bond acceptors (Lipinski definition) is 3. The van der Waals surface area contributed by atoms with Gasteiger partial charge < -0.3 is 5.11 Å². The fourth-order valence-corrected chi connectivity index (χ4v) is 4.46. The smallest absolute Gasteiger partial charge is 0.214 e. The molecule has 0 aromatic rings. The van der Waals surface area contributed by atoms with Crippen molar-refractivity contribution < 1.29 is 13.5 Å². The van der Waals surface area contributed by atoms with Crippen molar-refractivity contribution >= 4 is 10.0 Å². The topological polar surface area (TPSA) is 57.6 Å². The molecular weight excluding hydrogens is 226 g/mol. The van der Waals surface area contributed by atoms with Crippen LogP contribution in [0.5, 0.6) is 0 Å². The molecule has 96 valence electrons. The van der Waals surface area contributed by atoms with Crippen LogP contribution in [0, 0.1) is 11.8 Å². The second-order valence-electron chi connectivity index (χ2n) is 5.77. The van der Waals surface area contributed by atoms with Crippen molar-refractivity contribution in [1.29, 1.82) is 0 Å². The molecule has 0 amide bonds. The summed E-state index contributed by atoms with van der Waals surface area (Å²) in [6, 6.07) is 0. The van der Waals surface area contributed by atoms with Crippen molar-refractivity contribution in [2.75, 3.05) is 18.8 Å². The molecule has 5 heteroatoms. The Morgan fingerprint density at radius 1 is 1.50 bits per heavy atom. The number of sulfonamides is 1. The summed E-state index contributed by atoms with van der Waals surface area (Å²) in [5.74, 6) is 0.739. The summed E-state index contributed by atoms with van der Waals surface area (Å²) < 4.78 is 24.9. The van der Waals surface area contributed by atoms with Crippen molar-refractivity contribution in [3.05, 3.63) is 0 Å². The minimum absolute atomic E-state index is 0.167. The van der Waals surface area contributed by atoms with Crippen LogP contribution in [-0.2, 0) is 10.0 Å². The molecular formula is C11H23NO3S. The van der Waals surface area contributed by atoms with E-state index in [1.54, 1.807) is 6.92 Å². The summed E-state index contributed by atoms with van der Waals surface area (Å²) in [5.41, 5.74) is -0.925. The Morgan fingerprint density at radius 3 is 2.44 bits per heavy atom. The lowest BCUT2D eigenvalue weighted by atomic mass is 9.94. The minimum Gasteiger partial charge on any atom is -0.389 e. The van der Waals surface area contributed by atoms with Gasteiger partial charge in [0.05, 0.1) is 11.4 Å². The fraction of sp³-hybridized carbons (Fsp3) is 1.00. The molecule has 1 aliphatic rings. The molecule has 1 aliphatic heterocycles. The average molecular weight is 249 g/mol. The first-order valence-electron chi connectivity index (χ1n) is 5.82. The van der Waals surface area contributed by atoms with Gasteiger partial charge in [0.15, 0.2) is 0 Å². The molecule has 0 aliphatic carbocycles. The highest BCUT2D eigenvalue weighted by Gasteiger charge is 2.37. The number of hydrogen-bond donors (Lipinski definition) is 1. The van der Waals surface area contributed by atoms with Gasteiger partial charge in [-0.05, 0) is 25.2 Å². The minimum atomic E-state index is -3.13. The number of rotatable bonds is 4. The SMILES string of the molecule is CC(C)CC(C)(O)CN1CC(C)CS1(=O)=O. The summed E-state index contributed by atoms with van der Waals surface area (Å²) >= 11 is 0. The van der Waals surface area contributed by atoms with E-state index >= 15 is 0 Å². The van der Waals surface area contributed by atoms with Crippen LogP contribution in [0.2, 0.25) is 0 Å². The third kappa shape index (κ3) is 3.71. The zero-order valence-corrected chi connectivity index (χ0v) is 11.4. The molecule has 2 unspecified atom stereocenters. The van der Waals surface area contributed by atoms with Gasteiger partial charge in [-0.3, -0.25) is 0 Å². The lowest BCUT2D eigenvalue weighted by Crippen LogP contribution is -2.42. The van der Waals surface area contributed by atoms with Crippen molar-refractivity contribution in [2.24, 2.45) is 11.8 Å². The van der Waals surface area contributed by atoms with E-state index in [9.17, 15) is 13.5 Å². The molecule has 1 fully saturated rings. The average Bonchev–Trinajstić information content (AvgIpc) is 2.19. The number of β-amino-alcohol motifs (C(OH)–C–C–N with tert-alkyl or cyclic N) is 1. The van der Waals surface area contributed by atoms with E-state index in [0.717, 1.165) is 0 Å². The van der Waals surface area contributed by atoms with E-state index in [2.05, 4.69) is 0 Å². The van der Waals surface area contributed by atoms with Gasteiger partial charge in [-0.15, -0.1) is 0 Å². The van der Waals surface area contributed by atoms with Gasteiger partial charge in [-0.25, -0.2) is 8.42 Å². The van der Waals surface area contributed by atoms with E-state index in [4.69, 9.17) is 0 Å². The van der Waals surface area contributed by atoms with E-state index in [1.165, 1.54) is 4.31 Å². The summed E-state index contributed by atoms with van der Waals surface area (Å²) in [4.78, 5) is 0. The Labute approximate surface area is 98.7 Å².